The van der Waals surface area contributed by atoms with Gasteiger partial charge in [-0.15, -0.1) is 0 Å². The predicted molar refractivity (Wildman–Crippen MR) is 514 cm³/mol. The minimum atomic E-state index is -2.02. The molecule has 0 aromatic heterocycles. The summed E-state index contributed by atoms with van der Waals surface area (Å²) in [5, 5.41) is 98.5. The molecule has 0 fully saturated rings. The molecular formula is C108H132N3Na3O27. The summed E-state index contributed by atoms with van der Waals surface area (Å²) in [5.41, 5.74) is 14.4. The van der Waals surface area contributed by atoms with Crippen LogP contribution in [0.3, 0.4) is 0 Å². The molecule has 744 valence electrons. The Hall–Kier alpha value is -9.84. The van der Waals surface area contributed by atoms with E-state index in [0.29, 0.717) is 57.8 Å². The quantitative estimate of drug-likeness (QED) is 0.0235. The zero-order chi connectivity index (χ0) is 100. The van der Waals surface area contributed by atoms with E-state index in [9.17, 15) is 88.2 Å². The van der Waals surface area contributed by atoms with Crippen molar-refractivity contribution in [2.75, 3.05) is 78.9 Å². The maximum atomic E-state index is 13.6. The standard InChI is InChI=1S/3C36H45NO9.3Na/c3*1-25-15-16-27(21-26(25)2)11-6-4-10-20-45-33(34(36(43)44)46-24-32(40)41)35(42)37(23-31(38)39)19-9-3-5-12-28-17-18-29-13-7-8-14-30(29)22-28;;;/h3*7-8,13-18,21-22,33-34H,3-6,9-12,19-20,23-24H2,1-2H3,(H,38,39)(H,40,41)(H,43,44);;;/q;;;3*+1/p-3/t3*33-,34-;;;/m111.../s1. The molecule has 9 aromatic rings. The number of amides is 3. The topological polar surface area (TPSA) is 461 Å². The van der Waals surface area contributed by atoms with Gasteiger partial charge in [0.15, 0.2) is 18.3 Å². The van der Waals surface area contributed by atoms with Gasteiger partial charge in [-0.1, -0.05) is 221 Å². The van der Waals surface area contributed by atoms with E-state index in [1.807, 2.05) is 36.4 Å². The number of fused-ring (bicyclic) bond motifs is 3. The van der Waals surface area contributed by atoms with Crippen LogP contribution < -0.4 is 104 Å². The SMILES string of the molecule is Cc1ccc(CCCCCO[C@@H](C(=O)N(CCCCCc2ccc3ccccc3c2)CC(=O)O)[C@@H](OCC(=O)O)C(=O)[O-])cc1C.Cc1ccc(CCCCCO[C@@H](C(=O)N(CCCCCc2ccc3ccccc3c2)CC(=O)O)[C@@H](OCC(=O)O)C(=O)[O-])cc1C.Cc1ccc(CCCCCO[C@@H](C(=O)N(CCCCCc2ccc3ccccc3c2)CC(=O)O)[C@@H](OCC(=O)O)C(=O)[O-])cc1C.[Na+].[Na+].[Na+]. The number of carbonyl (C=O) groups is 12. The zero-order valence-electron chi connectivity index (χ0n) is 82.8. The van der Waals surface area contributed by atoms with Crippen molar-refractivity contribution in [2.45, 2.75) is 232 Å². The Labute approximate surface area is 891 Å². The van der Waals surface area contributed by atoms with Crippen molar-refractivity contribution in [2.24, 2.45) is 0 Å². The number of hydrogen-bond donors (Lipinski definition) is 6. The van der Waals surface area contributed by atoms with Gasteiger partial charge in [-0.25, -0.2) is 14.4 Å². The van der Waals surface area contributed by atoms with Crippen LogP contribution in [0.5, 0.6) is 0 Å². The van der Waals surface area contributed by atoms with E-state index >= 15 is 0 Å². The van der Waals surface area contributed by atoms with Gasteiger partial charge < -0.3 is 103 Å². The van der Waals surface area contributed by atoms with Crippen LogP contribution in [0.15, 0.2) is 182 Å². The van der Waals surface area contributed by atoms with Crippen LogP contribution >= 0.6 is 0 Å². The predicted octanol–water partition coefficient (Wildman–Crippen LogP) is 3.31. The third-order valence-corrected chi connectivity index (χ3v) is 23.9. The van der Waals surface area contributed by atoms with Crippen LogP contribution in [-0.2, 0) is 124 Å². The number of benzene rings is 9. The van der Waals surface area contributed by atoms with E-state index in [1.165, 1.54) is 66.8 Å². The number of rotatable bonds is 63. The van der Waals surface area contributed by atoms with Crippen molar-refractivity contribution in [1.82, 2.24) is 14.7 Å². The molecule has 30 nitrogen and oxygen atoms in total. The van der Waals surface area contributed by atoms with Crippen LogP contribution in [0.4, 0.5) is 0 Å². The molecule has 0 aliphatic rings. The first kappa shape index (κ1) is 123. The van der Waals surface area contributed by atoms with Crippen molar-refractivity contribution in [3.05, 3.63) is 249 Å². The van der Waals surface area contributed by atoms with Gasteiger partial charge in [-0.05, 0) is 256 Å². The molecule has 0 aliphatic heterocycles. The number of carboxylic acids is 9. The molecule has 0 radical (unpaired) electrons. The summed E-state index contributed by atoms with van der Waals surface area (Å²) < 4.78 is 32.1. The fourth-order valence-electron chi connectivity index (χ4n) is 16.0. The van der Waals surface area contributed by atoms with Gasteiger partial charge >= 0.3 is 124 Å². The normalized spacial score (nSPS) is 12.2. The molecule has 3 amide bonds. The van der Waals surface area contributed by atoms with E-state index in [0.717, 1.165) is 143 Å². The van der Waals surface area contributed by atoms with Gasteiger partial charge in [-0.3, -0.25) is 28.8 Å². The summed E-state index contributed by atoms with van der Waals surface area (Å²) >= 11 is 0. The number of carboxylic acid groups (broad SMARTS) is 9. The summed E-state index contributed by atoms with van der Waals surface area (Å²) in [5.74, 6) is -16.3. The Morgan fingerprint density at radius 2 is 0.454 bits per heavy atom. The van der Waals surface area contributed by atoms with Crippen molar-refractivity contribution < 1.29 is 221 Å². The third-order valence-electron chi connectivity index (χ3n) is 23.9. The van der Waals surface area contributed by atoms with Gasteiger partial charge in [-0.2, -0.15) is 0 Å². The van der Waals surface area contributed by atoms with Crippen LogP contribution in [0.1, 0.15) is 182 Å². The van der Waals surface area contributed by atoms with Crippen LogP contribution in [-0.4, -0.2) is 232 Å². The smallest absolute Gasteiger partial charge is 0.547 e. The third kappa shape index (κ3) is 46.2. The van der Waals surface area contributed by atoms with Crippen LogP contribution in [0, 0.1) is 41.5 Å². The first-order valence-corrected chi connectivity index (χ1v) is 47.3. The Balaban J connectivity index is 0.000000437. The molecule has 0 unspecified atom stereocenters. The molecule has 6 N–H and O–H groups in total. The monoisotopic (exact) mass is 1970 g/mol. The van der Waals surface area contributed by atoms with Crippen molar-refractivity contribution in [3.8, 4) is 0 Å². The molecule has 6 atom stereocenters. The average molecular weight is 1970 g/mol. The first-order valence-electron chi connectivity index (χ1n) is 47.3. The summed E-state index contributed by atoms with van der Waals surface area (Å²) in [7, 11) is 0. The molecule has 141 heavy (non-hydrogen) atoms. The van der Waals surface area contributed by atoms with Gasteiger partial charge in [0.2, 0.25) is 0 Å². The summed E-state index contributed by atoms with van der Waals surface area (Å²) in [6.07, 6.45) is 5.76. The average Bonchev–Trinajstić information content (AvgIpc) is 0.855. The molecule has 0 aliphatic carbocycles. The minimum Gasteiger partial charge on any atom is -0.547 e. The largest absolute Gasteiger partial charge is 1.00 e. The van der Waals surface area contributed by atoms with E-state index in [-0.39, 0.29) is 128 Å². The van der Waals surface area contributed by atoms with Crippen LogP contribution in [0.25, 0.3) is 32.3 Å². The number of ether oxygens (including phenoxy) is 6. The maximum Gasteiger partial charge on any atom is 1.00 e. The number of nitrogens with zero attached hydrogens (tertiary/aromatic N) is 3. The van der Waals surface area contributed by atoms with Gasteiger partial charge in [0, 0.05) is 39.5 Å². The molecule has 0 heterocycles. The van der Waals surface area contributed by atoms with E-state index in [2.05, 4.69) is 187 Å². The molecule has 0 bridgehead atoms. The fraction of sp³-hybridized carbons (Fsp3) is 0.444. The van der Waals surface area contributed by atoms with Crippen molar-refractivity contribution in [3.63, 3.8) is 0 Å². The summed E-state index contributed by atoms with van der Waals surface area (Å²) in [6.45, 7) is 7.51. The maximum absolute atomic E-state index is 13.6. The Bertz CT molecular complexity index is 4960. The zero-order valence-corrected chi connectivity index (χ0v) is 88.8. The van der Waals surface area contributed by atoms with Gasteiger partial charge in [0.25, 0.3) is 17.7 Å². The minimum absolute atomic E-state index is 0. The number of aliphatic carboxylic acids is 9. The molecular weight excluding hydrogens is 1840 g/mol. The van der Waals surface area contributed by atoms with E-state index < -0.39 is 148 Å². The molecule has 33 heteroatoms. The molecule has 0 saturated carbocycles. The second-order valence-corrected chi connectivity index (χ2v) is 34.8. The molecule has 0 saturated heterocycles. The van der Waals surface area contributed by atoms with Crippen LogP contribution in [0.2, 0.25) is 0 Å². The van der Waals surface area contributed by atoms with Gasteiger partial charge in [0.1, 0.15) is 57.8 Å². The van der Waals surface area contributed by atoms with E-state index in [4.69, 9.17) is 43.7 Å². The second kappa shape index (κ2) is 67.6. The number of aryl methyl sites for hydroxylation is 12. The first-order chi connectivity index (χ1) is 66.1. The fourth-order valence-corrected chi connectivity index (χ4v) is 16.0. The Morgan fingerprint density at radius 3 is 0.667 bits per heavy atom. The Kier molecular flexibility index (Phi) is 59.2. The summed E-state index contributed by atoms with van der Waals surface area (Å²) in [6, 6.07) is 62.0. The van der Waals surface area contributed by atoms with Crippen molar-refractivity contribution in [1.29, 1.82) is 0 Å². The number of hydrogen-bond acceptors (Lipinski definition) is 21. The van der Waals surface area contributed by atoms with Gasteiger partial charge in [0.05, 0.1) is 17.9 Å². The summed E-state index contributed by atoms with van der Waals surface area (Å²) in [4.78, 5) is 148. The molecule has 0 spiro atoms. The van der Waals surface area contributed by atoms with E-state index in [1.54, 1.807) is 0 Å². The van der Waals surface area contributed by atoms with Crippen molar-refractivity contribution >= 4 is 104 Å². The Morgan fingerprint density at radius 1 is 0.241 bits per heavy atom. The molecule has 9 rings (SSSR count). The second-order valence-electron chi connectivity index (χ2n) is 34.8. The number of carbonyl (C=O) groups excluding carboxylic acids is 6. The molecule has 9 aromatic carbocycles. The number of unbranched alkanes of at least 4 members (excludes halogenated alkanes) is 12.